The number of carbonyl (C=O) groups excluding carboxylic acids is 3. The number of hydrazone groups is 1. The van der Waals surface area contributed by atoms with Gasteiger partial charge in [0.1, 0.15) is 12.4 Å². The largest absolute Gasteiger partial charge is 0.490 e. The molecule has 0 aliphatic carbocycles. The zero-order valence-electron chi connectivity index (χ0n) is 18.6. The van der Waals surface area contributed by atoms with Crippen LogP contribution in [0.5, 0.6) is 5.75 Å². The lowest BCUT2D eigenvalue weighted by Gasteiger charge is -2.11. The third-order valence-electron chi connectivity index (χ3n) is 4.51. The molecule has 0 fully saturated rings. The molecule has 0 aliphatic rings. The summed E-state index contributed by atoms with van der Waals surface area (Å²) in [6, 6.07) is 20.8. The molecule has 3 N–H and O–H groups in total. The summed E-state index contributed by atoms with van der Waals surface area (Å²) in [5.41, 5.74) is 4.86. The fourth-order valence-corrected chi connectivity index (χ4v) is 2.95. The quantitative estimate of drug-likeness (QED) is 0.207. The second kappa shape index (κ2) is 11.8. The molecule has 0 aromatic heterocycles. The van der Waals surface area contributed by atoms with E-state index in [1.54, 1.807) is 54.6 Å². The average Bonchev–Trinajstić information content (AvgIpc) is 2.83. The van der Waals surface area contributed by atoms with Gasteiger partial charge in [0, 0.05) is 5.69 Å². The Balaban J connectivity index is 1.61. The fourth-order valence-electron chi connectivity index (χ4n) is 2.95. The number of nitrogens with one attached hydrogen (secondary N) is 3. The molecule has 0 bridgehead atoms. The van der Waals surface area contributed by atoms with Gasteiger partial charge < -0.3 is 15.4 Å². The van der Waals surface area contributed by atoms with Crippen molar-refractivity contribution in [2.24, 2.45) is 5.10 Å². The zero-order chi connectivity index (χ0) is 24.3. The molecule has 0 heterocycles. The zero-order valence-corrected chi connectivity index (χ0v) is 18.6. The first kappa shape index (κ1) is 23.9. The first-order chi connectivity index (χ1) is 16.5. The number of nitrogens with zero attached hydrogens (tertiary/aromatic N) is 1. The summed E-state index contributed by atoms with van der Waals surface area (Å²) in [4.78, 5) is 37.2. The van der Waals surface area contributed by atoms with Crippen LogP contribution in [-0.2, 0) is 9.59 Å². The standard InChI is InChI=1S/C26H24N4O4/c1-3-14-34-21-11-7-9-19(16-21)17-27-30-26(33)25(32)29-23-13-5-4-12-22(23)24(31)28-20-10-6-8-18(2)15-20/h3-13,15-17H,1,14H2,2H3,(H,28,31)(H,29,32)(H,30,33)/b27-17-. The van der Waals surface area contributed by atoms with Crippen molar-refractivity contribution < 1.29 is 19.1 Å². The van der Waals surface area contributed by atoms with Crippen LogP contribution >= 0.6 is 0 Å². The van der Waals surface area contributed by atoms with Crippen LogP contribution in [0.1, 0.15) is 21.5 Å². The van der Waals surface area contributed by atoms with Crippen molar-refractivity contribution >= 4 is 35.3 Å². The number of benzene rings is 3. The number of para-hydroxylation sites is 1. The molecule has 8 nitrogen and oxygen atoms in total. The summed E-state index contributed by atoms with van der Waals surface area (Å²) in [6.45, 7) is 5.87. The maximum Gasteiger partial charge on any atom is 0.329 e. The summed E-state index contributed by atoms with van der Waals surface area (Å²) >= 11 is 0. The van der Waals surface area contributed by atoms with E-state index >= 15 is 0 Å². The van der Waals surface area contributed by atoms with E-state index in [1.165, 1.54) is 12.3 Å². The Hall–Kier alpha value is -4.72. The molecule has 0 radical (unpaired) electrons. The lowest BCUT2D eigenvalue weighted by Crippen LogP contribution is -2.33. The van der Waals surface area contributed by atoms with E-state index < -0.39 is 17.7 Å². The molecule has 172 valence electrons. The van der Waals surface area contributed by atoms with Crippen molar-refractivity contribution in [1.82, 2.24) is 5.43 Å². The Morgan fingerprint density at radius 2 is 1.74 bits per heavy atom. The number of amides is 3. The highest BCUT2D eigenvalue weighted by atomic mass is 16.5. The molecule has 3 aromatic rings. The average molecular weight is 457 g/mol. The second-order valence-corrected chi connectivity index (χ2v) is 7.19. The molecule has 0 unspecified atom stereocenters. The van der Waals surface area contributed by atoms with Crippen molar-refractivity contribution in [3.05, 3.63) is 102 Å². The van der Waals surface area contributed by atoms with Gasteiger partial charge in [-0.2, -0.15) is 5.10 Å². The Kier molecular flexibility index (Phi) is 8.29. The third kappa shape index (κ3) is 6.89. The lowest BCUT2D eigenvalue weighted by molar-refractivity contribution is -0.136. The Labute approximate surface area is 197 Å². The molecule has 0 spiro atoms. The molecule has 3 amide bonds. The first-order valence-electron chi connectivity index (χ1n) is 10.4. The van der Waals surface area contributed by atoms with E-state index in [1.807, 2.05) is 25.1 Å². The van der Waals surface area contributed by atoms with Crippen molar-refractivity contribution in [1.29, 1.82) is 0 Å². The van der Waals surface area contributed by atoms with Crippen LogP contribution in [0.2, 0.25) is 0 Å². The van der Waals surface area contributed by atoms with E-state index in [-0.39, 0.29) is 11.3 Å². The van der Waals surface area contributed by atoms with Crippen LogP contribution < -0.4 is 20.8 Å². The predicted molar refractivity (Wildman–Crippen MR) is 132 cm³/mol. The molecule has 34 heavy (non-hydrogen) atoms. The summed E-state index contributed by atoms with van der Waals surface area (Å²) in [5.74, 6) is -1.74. The lowest BCUT2D eigenvalue weighted by atomic mass is 10.1. The number of carbonyl (C=O) groups is 3. The highest BCUT2D eigenvalue weighted by molar-refractivity contribution is 6.40. The molecular formula is C26H24N4O4. The summed E-state index contributed by atoms with van der Waals surface area (Å²) in [7, 11) is 0. The number of anilines is 2. The SMILES string of the molecule is C=CCOc1cccc(/C=N\NC(=O)C(=O)Nc2ccccc2C(=O)Nc2cccc(C)c2)c1. The van der Waals surface area contributed by atoms with Crippen LogP contribution in [0.4, 0.5) is 11.4 Å². The molecular weight excluding hydrogens is 432 g/mol. The topological polar surface area (TPSA) is 109 Å². The van der Waals surface area contributed by atoms with Crippen LogP contribution in [-0.4, -0.2) is 30.5 Å². The van der Waals surface area contributed by atoms with Gasteiger partial charge in [0.25, 0.3) is 5.91 Å². The molecule has 3 rings (SSSR count). The summed E-state index contributed by atoms with van der Waals surface area (Å²) in [5, 5.41) is 9.04. The monoisotopic (exact) mass is 456 g/mol. The van der Waals surface area contributed by atoms with Gasteiger partial charge in [-0.3, -0.25) is 14.4 Å². The minimum absolute atomic E-state index is 0.198. The number of ether oxygens (including phenoxy) is 1. The van der Waals surface area contributed by atoms with Gasteiger partial charge in [0.2, 0.25) is 0 Å². The summed E-state index contributed by atoms with van der Waals surface area (Å²) < 4.78 is 5.44. The third-order valence-corrected chi connectivity index (χ3v) is 4.51. The van der Waals surface area contributed by atoms with E-state index in [2.05, 4.69) is 27.7 Å². The summed E-state index contributed by atoms with van der Waals surface area (Å²) in [6.07, 6.45) is 3.01. The first-order valence-corrected chi connectivity index (χ1v) is 10.4. The van der Waals surface area contributed by atoms with Crippen molar-refractivity contribution in [2.45, 2.75) is 6.92 Å². The Morgan fingerprint density at radius 3 is 2.53 bits per heavy atom. The molecule has 0 saturated heterocycles. The predicted octanol–water partition coefficient (Wildman–Crippen LogP) is 3.90. The molecule has 0 saturated carbocycles. The van der Waals surface area contributed by atoms with Crippen LogP contribution in [0, 0.1) is 6.92 Å². The Bertz CT molecular complexity index is 1240. The van der Waals surface area contributed by atoms with Gasteiger partial charge in [-0.15, -0.1) is 0 Å². The van der Waals surface area contributed by atoms with Gasteiger partial charge in [0.05, 0.1) is 17.5 Å². The van der Waals surface area contributed by atoms with Gasteiger partial charge in [-0.1, -0.05) is 49.1 Å². The highest BCUT2D eigenvalue weighted by Crippen LogP contribution is 2.18. The van der Waals surface area contributed by atoms with Gasteiger partial charge in [0.15, 0.2) is 0 Å². The Morgan fingerprint density at radius 1 is 0.941 bits per heavy atom. The maximum absolute atomic E-state index is 12.7. The van der Waals surface area contributed by atoms with E-state index in [0.717, 1.165) is 5.56 Å². The highest BCUT2D eigenvalue weighted by Gasteiger charge is 2.17. The molecule has 0 aliphatic heterocycles. The van der Waals surface area contributed by atoms with Gasteiger partial charge >= 0.3 is 11.8 Å². The fraction of sp³-hybridized carbons (Fsp3) is 0.0769. The molecule has 0 atom stereocenters. The van der Waals surface area contributed by atoms with E-state index in [0.29, 0.717) is 23.6 Å². The normalized spacial score (nSPS) is 10.4. The van der Waals surface area contributed by atoms with Crippen molar-refractivity contribution in [3.63, 3.8) is 0 Å². The minimum atomic E-state index is -0.982. The minimum Gasteiger partial charge on any atom is -0.490 e. The van der Waals surface area contributed by atoms with E-state index in [4.69, 9.17) is 4.74 Å². The number of hydrogen-bond acceptors (Lipinski definition) is 5. The number of rotatable bonds is 8. The smallest absolute Gasteiger partial charge is 0.329 e. The van der Waals surface area contributed by atoms with Crippen molar-refractivity contribution in [2.75, 3.05) is 17.2 Å². The van der Waals surface area contributed by atoms with Crippen LogP contribution in [0.25, 0.3) is 0 Å². The number of aryl methyl sites for hydroxylation is 1. The molecule has 8 heteroatoms. The van der Waals surface area contributed by atoms with Gasteiger partial charge in [-0.25, -0.2) is 5.43 Å². The van der Waals surface area contributed by atoms with Gasteiger partial charge in [-0.05, 0) is 54.4 Å². The maximum atomic E-state index is 12.7. The second-order valence-electron chi connectivity index (χ2n) is 7.19. The van der Waals surface area contributed by atoms with Crippen LogP contribution in [0.15, 0.2) is 90.6 Å². The van der Waals surface area contributed by atoms with E-state index in [9.17, 15) is 14.4 Å². The van der Waals surface area contributed by atoms with Crippen LogP contribution in [0.3, 0.4) is 0 Å². The van der Waals surface area contributed by atoms with Crippen molar-refractivity contribution in [3.8, 4) is 5.75 Å². The molecule has 3 aromatic carbocycles. The number of hydrogen-bond donors (Lipinski definition) is 3.